The first-order chi connectivity index (χ1) is 10.1. The Morgan fingerprint density at radius 1 is 1.43 bits per heavy atom. The van der Waals surface area contributed by atoms with Crippen LogP contribution in [0.4, 0.5) is 4.79 Å². The molecule has 3 rings (SSSR count). The van der Waals surface area contributed by atoms with Crippen LogP contribution < -0.4 is 0 Å². The van der Waals surface area contributed by atoms with Gasteiger partial charge in [-0.2, -0.15) is 5.10 Å². The highest BCUT2D eigenvalue weighted by atomic mass is 16.2. The van der Waals surface area contributed by atoms with E-state index in [0.717, 1.165) is 25.2 Å². The zero-order valence-corrected chi connectivity index (χ0v) is 12.2. The molecule has 8 nitrogen and oxygen atoms in total. The number of piperidine rings is 1. The minimum absolute atomic E-state index is 0.0165. The highest BCUT2D eigenvalue weighted by molar-refractivity contribution is 5.85. The molecule has 3 amide bonds. The van der Waals surface area contributed by atoms with Crippen LogP contribution in [-0.2, 0) is 4.79 Å². The number of aromatic nitrogens is 3. The first-order valence-corrected chi connectivity index (χ1v) is 7.28. The molecule has 0 aromatic carbocycles. The van der Waals surface area contributed by atoms with Gasteiger partial charge >= 0.3 is 6.03 Å². The number of H-pyrrole nitrogens is 1. The molecule has 1 aromatic rings. The molecule has 0 bridgehead atoms. The van der Waals surface area contributed by atoms with Crippen LogP contribution in [0.3, 0.4) is 0 Å². The van der Waals surface area contributed by atoms with E-state index in [1.807, 2.05) is 4.90 Å². The summed E-state index contributed by atoms with van der Waals surface area (Å²) in [6, 6.07) is -0.0628. The van der Waals surface area contributed by atoms with Gasteiger partial charge in [-0.05, 0) is 12.8 Å². The van der Waals surface area contributed by atoms with E-state index in [1.165, 1.54) is 6.33 Å². The van der Waals surface area contributed by atoms with Gasteiger partial charge < -0.3 is 14.7 Å². The zero-order chi connectivity index (χ0) is 14.8. The lowest BCUT2D eigenvalue weighted by atomic mass is 9.97. The summed E-state index contributed by atoms with van der Waals surface area (Å²) in [6.45, 7) is 2.88. The van der Waals surface area contributed by atoms with Crippen molar-refractivity contribution < 1.29 is 9.59 Å². The van der Waals surface area contributed by atoms with Gasteiger partial charge in [0.15, 0.2) is 0 Å². The average molecular weight is 292 g/mol. The number of amides is 3. The number of likely N-dealkylation sites (tertiary alicyclic amines) is 1. The summed E-state index contributed by atoms with van der Waals surface area (Å²) in [7, 11) is 1.76. The SMILES string of the molecule is CN1CCN(CC(=O)N2CCCC(c3ncn[nH]3)C2)C1=O. The maximum atomic E-state index is 12.4. The molecule has 0 radical (unpaired) electrons. The zero-order valence-electron chi connectivity index (χ0n) is 12.2. The fourth-order valence-electron chi connectivity index (χ4n) is 2.95. The summed E-state index contributed by atoms with van der Waals surface area (Å²) >= 11 is 0. The molecule has 2 aliphatic rings. The fourth-order valence-corrected chi connectivity index (χ4v) is 2.95. The Balaban J connectivity index is 1.58. The monoisotopic (exact) mass is 292 g/mol. The molecule has 21 heavy (non-hydrogen) atoms. The molecule has 1 unspecified atom stereocenters. The van der Waals surface area contributed by atoms with E-state index in [1.54, 1.807) is 16.8 Å². The van der Waals surface area contributed by atoms with Crippen LogP contribution in [0.15, 0.2) is 6.33 Å². The van der Waals surface area contributed by atoms with Gasteiger partial charge in [-0.1, -0.05) is 0 Å². The second-order valence-corrected chi connectivity index (χ2v) is 5.68. The predicted molar refractivity (Wildman–Crippen MR) is 74.5 cm³/mol. The molecule has 0 saturated carbocycles. The highest BCUT2D eigenvalue weighted by Crippen LogP contribution is 2.24. The van der Waals surface area contributed by atoms with E-state index in [4.69, 9.17) is 0 Å². The summed E-state index contributed by atoms with van der Waals surface area (Å²) in [6.07, 6.45) is 3.45. The molecule has 2 saturated heterocycles. The van der Waals surface area contributed by atoms with Crippen molar-refractivity contribution >= 4 is 11.9 Å². The first-order valence-electron chi connectivity index (χ1n) is 7.28. The molecule has 2 aliphatic heterocycles. The highest BCUT2D eigenvalue weighted by Gasteiger charge is 2.31. The maximum Gasteiger partial charge on any atom is 0.320 e. The van der Waals surface area contributed by atoms with E-state index in [-0.39, 0.29) is 24.4 Å². The van der Waals surface area contributed by atoms with Gasteiger partial charge in [0, 0.05) is 39.1 Å². The molecule has 1 N–H and O–H groups in total. The summed E-state index contributed by atoms with van der Waals surface area (Å²) in [4.78, 5) is 33.5. The average Bonchev–Trinajstić information content (AvgIpc) is 3.13. The predicted octanol–water partition coefficient (Wildman–Crippen LogP) is -0.122. The molecule has 114 valence electrons. The number of likely N-dealkylation sites (N-methyl/N-ethyl adjacent to an activating group) is 1. The van der Waals surface area contributed by atoms with Crippen LogP contribution in [0.25, 0.3) is 0 Å². The van der Waals surface area contributed by atoms with Gasteiger partial charge in [-0.25, -0.2) is 9.78 Å². The van der Waals surface area contributed by atoms with Crippen molar-refractivity contribution in [2.24, 2.45) is 0 Å². The Labute approximate surface area is 123 Å². The van der Waals surface area contributed by atoms with Crippen molar-refractivity contribution in [3.05, 3.63) is 12.2 Å². The second kappa shape index (κ2) is 5.71. The van der Waals surface area contributed by atoms with Crippen LogP contribution in [0, 0.1) is 0 Å². The number of urea groups is 1. The summed E-state index contributed by atoms with van der Waals surface area (Å²) in [5, 5.41) is 6.75. The van der Waals surface area contributed by atoms with E-state index >= 15 is 0 Å². The van der Waals surface area contributed by atoms with Gasteiger partial charge in [-0.15, -0.1) is 0 Å². The Bertz CT molecular complexity index is 517. The third-order valence-electron chi connectivity index (χ3n) is 4.22. The second-order valence-electron chi connectivity index (χ2n) is 5.68. The molecular formula is C13H20N6O2. The van der Waals surface area contributed by atoms with Gasteiger partial charge in [0.1, 0.15) is 18.7 Å². The Hall–Kier alpha value is -2.12. The quantitative estimate of drug-likeness (QED) is 0.841. The summed E-state index contributed by atoms with van der Waals surface area (Å²) < 4.78 is 0. The van der Waals surface area contributed by atoms with Crippen molar-refractivity contribution in [1.29, 1.82) is 0 Å². The van der Waals surface area contributed by atoms with Crippen LogP contribution >= 0.6 is 0 Å². The minimum atomic E-state index is -0.0628. The lowest BCUT2D eigenvalue weighted by molar-refractivity contribution is -0.132. The van der Waals surface area contributed by atoms with Crippen LogP contribution in [0.5, 0.6) is 0 Å². The van der Waals surface area contributed by atoms with E-state index < -0.39 is 0 Å². The largest absolute Gasteiger partial charge is 0.340 e. The van der Waals surface area contributed by atoms with Gasteiger partial charge in [0.05, 0.1) is 0 Å². The van der Waals surface area contributed by atoms with Crippen molar-refractivity contribution in [3.8, 4) is 0 Å². The molecule has 3 heterocycles. The number of nitrogens with zero attached hydrogens (tertiary/aromatic N) is 5. The number of aromatic amines is 1. The number of rotatable bonds is 3. The Morgan fingerprint density at radius 3 is 2.95 bits per heavy atom. The number of carbonyl (C=O) groups excluding carboxylic acids is 2. The third-order valence-corrected chi connectivity index (χ3v) is 4.22. The van der Waals surface area contributed by atoms with Crippen molar-refractivity contribution in [3.63, 3.8) is 0 Å². The van der Waals surface area contributed by atoms with Crippen molar-refractivity contribution in [2.75, 3.05) is 39.8 Å². The first kappa shape index (κ1) is 13.8. The lowest BCUT2D eigenvalue weighted by Gasteiger charge is -2.32. The third kappa shape index (κ3) is 2.84. The van der Waals surface area contributed by atoms with Gasteiger partial charge in [0.25, 0.3) is 0 Å². The number of nitrogens with one attached hydrogen (secondary N) is 1. The van der Waals surface area contributed by atoms with Crippen molar-refractivity contribution in [2.45, 2.75) is 18.8 Å². The van der Waals surface area contributed by atoms with Crippen LogP contribution in [0.1, 0.15) is 24.6 Å². The smallest absolute Gasteiger partial charge is 0.320 e. The lowest BCUT2D eigenvalue weighted by Crippen LogP contribution is -2.45. The minimum Gasteiger partial charge on any atom is -0.340 e. The Kier molecular flexibility index (Phi) is 3.76. The van der Waals surface area contributed by atoms with Crippen LogP contribution in [0.2, 0.25) is 0 Å². The number of hydrogen-bond donors (Lipinski definition) is 1. The fraction of sp³-hybridized carbons (Fsp3) is 0.692. The molecule has 1 atom stereocenters. The molecular weight excluding hydrogens is 272 g/mol. The van der Waals surface area contributed by atoms with Gasteiger partial charge in [0.2, 0.25) is 5.91 Å². The standard InChI is InChI=1S/C13H20N6O2/c1-17-5-6-19(13(17)21)8-11(20)18-4-2-3-10(7-18)12-14-9-15-16-12/h9-10H,2-8H2,1H3,(H,14,15,16). The van der Waals surface area contributed by atoms with E-state index in [0.29, 0.717) is 19.6 Å². The summed E-state index contributed by atoms with van der Waals surface area (Å²) in [5.74, 6) is 1.06. The summed E-state index contributed by atoms with van der Waals surface area (Å²) in [5.41, 5.74) is 0. The maximum absolute atomic E-state index is 12.4. The Morgan fingerprint density at radius 2 is 2.29 bits per heavy atom. The van der Waals surface area contributed by atoms with E-state index in [2.05, 4.69) is 15.2 Å². The molecule has 8 heteroatoms. The molecule has 2 fully saturated rings. The van der Waals surface area contributed by atoms with Crippen LogP contribution in [-0.4, -0.2) is 81.6 Å². The normalized spacial score (nSPS) is 23.0. The number of carbonyl (C=O) groups is 2. The number of hydrogen-bond acceptors (Lipinski definition) is 4. The topological polar surface area (TPSA) is 85.4 Å². The van der Waals surface area contributed by atoms with Gasteiger partial charge in [-0.3, -0.25) is 9.89 Å². The van der Waals surface area contributed by atoms with Crippen molar-refractivity contribution in [1.82, 2.24) is 29.9 Å². The van der Waals surface area contributed by atoms with E-state index in [9.17, 15) is 9.59 Å². The molecule has 1 aromatic heterocycles. The molecule has 0 spiro atoms. The molecule has 0 aliphatic carbocycles.